The summed E-state index contributed by atoms with van der Waals surface area (Å²) in [6.07, 6.45) is 0.890. The van der Waals surface area contributed by atoms with E-state index in [-0.39, 0.29) is 17.3 Å². The number of amides is 1. The van der Waals surface area contributed by atoms with E-state index in [2.05, 4.69) is 10.2 Å². The maximum absolute atomic E-state index is 14.8. The molecule has 1 heterocycles. The van der Waals surface area contributed by atoms with Gasteiger partial charge >= 0.3 is 0 Å². The van der Waals surface area contributed by atoms with E-state index in [1.807, 2.05) is 19.1 Å². The summed E-state index contributed by atoms with van der Waals surface area (Å²) in [5.74, 6) is 0.424. The van der Waals surface area contributed by atoms with Crippen LogP contribution in [0.3, 0.4) is 0 Å². The lowest BCUT2D eigenvalue weighted by molar-refractivity contribution is -0.384. The highest BCUT2D eigenvalue weighted by Crippen LogP contribution is 2.31. The first kappa shape index (κ1) is 25.1. The molecule has 184 valence electrons. The zero-order valence-corrected chi connectivity index (χ0v) is 20.6. The zero-order chi connectivity index (χ0) is 25.7. The van der Waals surface area contributed by atoms with Gasteiger partial charge in [0, 0.05) is 42.6 Å². The van der Waals surface area contributed by atoms with Gasteiger partial charge in [0.2, 0.25) is 0 Å². The van der Waals surface area contributed by atoms with Crippen LogP contribution in [0.1, 0.15) is 29.3 Å². The van der Waals surface area contributed by atoms with Crippen LogP contribution in [-0.2, 0) is 5.75 Å². The molecule has 0 aliphatic carbocycles. The van der Waals surface area contributed by atoms with Crippen molar-refractivity contribution in [1.82, 2.24) is 19.7 Å². The van der Waals surface area contributed by atoms with Crippen LogP contribution in [0.25, 0.3) is 17.1 Å². The van der Waals surface area contributed by atoms with Gasteiger partial charge in [0.25, 0.3) is 11.6 Å². The molecule has 0 radical (unpaired) electrons. The van der Waals surface area contributed by atoms with Crippen molar-refractivity contribution in [2.24, 2.45) is 0 Å². The number of halogens is 1. The normalized spacial score (nSPS) is 10.9. The third kappa shape index (κ3) is 5.44. The maximum Gasteiger partial charge on any atom is 0.269 e. The highest BCUT2D eigenvalue weighted by atomic mass is 32.2. The van der Waals surface area contributed by atoms with Crippen LogP contribution in [0.2, 0.25) is 0 Å². The molecule has 3 aromatic carbocycles. The minimum atomic E-state index is -0.479. The van der Waals surface area contributed by atoms with Crippen molar-refractivity contribution in [3.63, 3.8) is 0 Å². The van der Waals surface area contributed by atoms with Gasteiger partial charge in [-0.25, -0.2) is 4.39 Å². The maximum atomic E-state index is 14.8. The van der Waals surface area contributed by atoms with Crippen molar-refractivity contribution in [3.8, 4) is 17.1 Å². The molecule has 0 aliphatic heterocycles. The van der Waals surface area contributed by atoms with Crippen LogP contribution in [-0.4, -0.2) is 44.1 Å². The van der Waals surface area contributed by atoms with Crippen molar-refractivity contribution in [2.45, 2.75) is 24.3 Å². The SMILES string of the molecule is CCCN(C)C(=O)c1ccc(CSc2nnc(-c3ccc([N+](=O)[O-])cc3)n2-c2ccccc2F)cc1. The summed E-state index contributed by atoms with van der Waals surface area (Å²) in [7, 11) is 1.79. The van der Waals surface area contributed by atoms with Crippen molar-refractivity contribution < 1.29 is 14.1 Å². The van der Waals surface area contributed by atoms with Crippen LogP contribution in [0.4, 0.5) is 10.1 Å². The summed E-state index contributed by atoms with van der Waals surface area (Å²) in [4.78, 5) is 24.7. The van der Waals surface area contributed by atoms with Crippen LogP contribution < -0.4 is 0 Å². The molecule has 4 aromatic rings. The highest BCUT2D eigenvalue weighted by molar-refractivity contribution is 7.98. The molecule has 10 heteroatoms. The van der Waals surface area contributed by atoms with E-state index < -0.39 is 10.7 Å². The summed E-state index contributed by atoms with van der Waals surface area (Å²) in [6.45, 7) is 2.72. The Morgan fingerprint density at radius 2 is 1.75 bits per heavy atom. The number of aromatic nitrogens is 3. The molecule has 0 N–H and O–H groups in total. The number of para-hydroxylation sites is 1. The Labute approximate surface area is 211 Å². The second kappa shape index (κ2) is 11.1. The molecule has 36 heavy (non-hydrogen) atoms. The number of nitro benzene ring substituents is 1. The molecule has 0 unspecified atom stereocenters. The summed E-state index contributed by atoms with van der Waals surface area (Å²) in [5.41, 5.74) is 2.39. The Bertz CT molecular complexity index is 1370. The first-order valence-electron chi connectivity index (χ1n) is 11.3. The quantitative estimate of drug-likeness (QED) is 0.163. The summed E-state index contributed by atoms with van der Waals surface area (Å²) in [6, 6.07) is 19.6. The number of hydrogen-bond donors (Lipinski definition) is 0. The molecule has 0 saturated heterocycles. The van der Waals surface area contributed by atoms with Crippen LogP contribution in [0.15, 0.2) is 78.0 Å². The van der Waals surface area contributed by atoms with Gasteiger partial charge in [-0.3, -0.25) is 19.5 Å². The van der Waals surface area contributed by atoms with Gasteiger partial charge in [-0.1, -0.05) is 43.0 Å². The number of benzene rings is 3. The van der Waals surface area contributed by atoms with Gasteiger partial charge in [-0.15, -0.1) is 10.2 Å². The molecular formula is C26H24FN5O3S. The van der Waals surface area contributed by atoms with E-state index in [1.165, 1.54) is 30.0 Å². The van der Waals surface area contributed by atoms with E-state index in [9.17, 15) is 19.3 Å². The van der Waals surface area contributed by atoms with Crippen LogP contribution >= 0.6 is 11.8 Å². The van der Waals surface area contributed by atoms with Crippen molar-refractivity contribution in [1.29, 1.82) is 0 Å². The van der Waals surface area contributed by atoms with Crippen LogP contribution in [0, 0.1) is 15.9 Å². The van der Waals surface area contributed by atoms with E-state index in [0.29, 0.717) is 34.4 Å². The number of thioether (sulfide) groups is 1. The molecule has 0 aliphatic rings. The van der Waals surface area contributed by atoms with E-state index >= 15 is 0 Å². The van der Waals surface area contributed by atoms with E-state index in [0.717, 1.165) is 12.0 Å². The number of carbonyl (C=O) groups is 1. The number of carbonyl (C=O) groups excluding carboxylic acids is 1. The monoisotopic (exact) mass is 505 g/mol. The van der Waals surface area contributed by atoms with Crippen LogP contribution in [0.5, 0.6) is 0 Å². The van der Waals surface area contributed by atoms with E-state index in [4.69, 9.17) is 0 Å². The first-order chi connectivity index (χ1) is 17.4. The number of non-ortho nitro benzene ring substituents is 1. The van der Waals surface area contributed by atoms with E-state index in [1.54, 1.807) is 59.0 Å². The molecular weight excluding hydrogens is 481 g/mol. The number of nitro groups is 1. The van der Waals surface area contributed by atoms with Gasteiger partial charge in [-0.05, 0) is 48.4 Å². The second-order valence-electron chi connectivity index (χ2n) is 8.11. The fourth-order valence-corrected chi connectivity index (χ4v) is 4.58. The molecule has 0 atom stereocenters. The molecule has 0 fully saturated rings. The second-order valence-corrected chi connectivity index (χ2v) is 9.05. The molecule has 0 saturated carbocycles. The first-order valence-corrected chi connectivity index (χ1v) is 12.3. The van der Waals surface area contributed by atoms with Crippen molar-refractivity contribution in [2.75, 3.05) is 13.6 Å². The van der Waals surface area contributed by atoms with Crippen molar-refractivity contribution in [3.05, 3.63) is 99.9 Å². The Hall–Kier alpha value is -4.05. The third-order valence-electron chi connectivity index (χ3n) is 5.54. The number of rotatable bonds is 9. The molecule has 0 bridgehead atoms. The summed E-state index contributed by atoms with van der Waals surface area (Å²) < 4.78 is 16.4. The lowest BCUT2D eigenvalue weighted by Gasteiger charge is -2.16. The molecule has 1 aromatic heterocycles. The zero-order valence-electron chi connectivity index (χ0n) is 19.8. The Morgan fingerprint density at radius 1 is 1.06 bits per heavy atom. The molecule has 8 nitrogen and oxygen atoms in total. The fourth-order valence-electron chi connectivity index (χ4n) is 3.68. The minimum Gasteiger partial charge on any atom is -0.342 e. The summed E-state index contributed by atoms with van der Waals surface area (Å²) >= 11 is 1.38. The molecule has 4 rings (SSSR count). The van der Waals surface area contributed by atoms with Gasteiger partial charge in [0.15, 0.2) is 11.0 Å². The summed E-state index contributed by atoms with van der Waals surface area (Å²) in [5, 5.41) is 20.1. The van der Waals surface area contributed by atoms with Crippen molar-refractivity contribution >= 4 is 23.4 Å². The molecule has 1 amide bonds. The van der Waals surface area contributed by atoms with Gasteiger partial charge < -0.3 is 4.90 Å². The number of hydrogen-bond acceptors (Lipinski definition) is 6. The topological polar surface area (TPSA) is 94.2 Å². The Kier molecular flexibility index (Phi) is 7.74. The lowest BCUT2D eigenvalue weighted by Crippen LogP contribution is -2.27. The fraction of sp³-hybridized carbons (Fsp3) is 0.192. The standard InChI is InChI=1S/C26H24FN5O3S/c1-3-16-30(2)25(33)20-10-8-18(9-11-20)17-36-26-29-28-24(19-12-14-21(15-13-19)32(34)35)31(26)23-7-5-4-6-22(23)27/h4-15H,3,16-17H2,1-2H3. The largest absolute Gasteiger partial charge is 0.342 e. The average Bonchev–Trinajstić information content (AvgIpc) is 3.31. The Balaban J connectivity index is 1.61. The predicted molar refractivity (Wildman–Crippen MR) is 137 cm³/mol. The predicted octanol–water partition coefficient (Wildman–Crippen LogP) is 5.76. The van der Waals surface area contributed by atoms with Gasteiger partial charge in [0.05, 0.1) is 10.6 Å². The average molecular weight is 506 g/mol. The lowest BCUT2D eigenvalue weighted by atomic mass is 10.1. The Morgan fingerprint density at radius 3 is 2.39 bits per heavy atom. The van der Waals surface area contributed by atoms with Gasteiger partial charge in [-0.2, -0.15) is 0 Å². The molecule has 0 spiro atoms. The highest BCUT2D eigenvalue weighted by Gasteiger charge is 2.19. The third-order valence-corrected chi connectivity index (χ3v) is 6.54. The number of nitrogens with zero attached hydrogens (tertiary/aromatic N) is 5. The smallest absolute Gasteiger partial charge is 0.269 e. The van der Waals surface area contributed by atoms with Gasteiger partial charge in [0.1, 0.15) is 5.82 Å². The minimum absolute atomic E-state index is 0.0249.